The Kier molecular flexibility index (Phi) is 3.50. The van der Waals surface area contributed by atoms with Crippen molar-refractivity contribution in [1.29, 1.82) is 0 Å². The third-order valence-corrected chi connectivity index (χ3v) is 3.71. The van der Waals surface area contributed by atoms with Crippen LogP contribution in [0.4, 0.5) is 19.0 Å². The number of fused-ring (bicyclic) bond motifs is 1. The number of aromatic nitrogens is 4. The number of thiophene rings is 1. The SMILES string of the molecule is FC(F)(F)c1nnc2ccc(NCCc3cccs3)nn12. The first-order chi connectivity index (χ1) is 10.0. The van der Waals surface area contributed by atoms with E-state index in [1.54, 1.807) is 17.4 Å². The maximum atomic E-state index is 12.7. The molecule has 0 atom stereocenters. The van der Waals surface area contributed by atoms with Gasteiger partial charge in [-0.15, -0.1) is 26.6 Å². The summed E-state index contributed by atoms with van der Waals surface area (Å²) < 4.78 is 38.9. The molecule has 0 fully saturated rings. The highest BCUT2D eigenvalue weighted by Gasteiger charge is 2.37. The molecule has 3 rings (SSSR count). The van der Waals surface area contributed by atoms with Gasteiger partial charge in [-0.05, 0) is 30.0 Å². The van der Waals surface area contributed by atoms with E-state index in [0.29, 0.717) is 16.9 Å². The van der Waals surface area contributed by atoms with Gasteiger partial charge in [-0.3, -0.25) is 0 Å². The predicted molar refractivity (Wildman–Crippen MR) is 72.3 cm³/mol. The number of nitrogens with zero attached hydrogens (tertiary/aromatic N) is 4. The molecule has 0 radical (unpaired) electrons. The monoisotopic (exact) mass is 313 g/mol. The van der Waals surface area contributed by atoms with Gasteiger partial charge in [0.1, 0.15) is 5.82 Å². The lowest BCUT2D eigenvalue weighted by atomic mass is 10.3. The number of rotatable bonds is 4. The summed E-state index contributed by atoms with van der Waals surface area (Å²) in [6.07, 6.45) is -3.80. The minimum atomic E-state index is -4.58. The van der Waals surface area contributed by atoms with Crippen molar-refractivity contribution in [2.75, 3.05) is 11.9 Å². The van der Waals surface area contributed by atoms with Crippen LogP contribution in [0.15, 0.2) is 29.6 Å². The normalized spacial score (nSPS) is 12.0. The second-order valence-electron chi connectivity index (χ2n) is 4.27. The molecule has 0 aliphatic heterocycles. The lowest BCUT2D eigenvalue weighted by Gasteiger charge is -2.06. The fourth-order valence-electron chi connectivity index (χ4n) is 1.83. The fraction of sp³-hybridized carbons (Fsp3) is 0.250. The Morgan fingerprint density at radius 2 is 2.05 bits per heavy atom. The summed E-state index contributed by atoms with van der Waals surface area (Å²) in [5.41, 5.74) is 0.0612. The van der Waals surface area contributed by atoms with Crippen molar-refractivity contribution in [3.63, 3.8) is 0 Å². The first-order valence-corrected chi connectivity index (χ1v) is 6.98. The zero-order valence-electron chi connectivity index (χ0n) is 10.6. The Balaban J connectivity index is 1.77. The summed E-state index contributed by atoms with van der Waals surface area (Å²) in [5, 5.41) is 15.4. The Morgan fingerprint density at radius 1 is 1.19 bits per heavy atom. The molecule has 5 nitrogen and oxygen atoms in total. The van der Waals surface area contributed by atoms with E-state index < -0.39 is 12.0 Å². The zero-order chi connectivity index (χ0) is 14.9. The Labute approximate surface area is 121 Å². The van der Waals surface area contributed by atoms with Crippen LogP contribution in [0.2, 0.25) is 0 Å². The molecule has 0 amide bonds. The maximum absolute atomic E-state index is 12.7. The first kappa shape index (κ1) is 13.8. The summed E-state index contributed by atoms with van der Waals surface area (Å²) in [5.74, 6) is -0.774. The van der Waals surface area contributed by atoms with E-state index in [-0.39, 0.29) is 5.65 Å². The molecular weight excluding hydrogens is 303 g/mol. The molecule has 0 saturated heterocycles. The zero-order valence-corrected chi connectivity index (χ0v) is 11.4. The summed E-state index contributed by atoms with van der Waals surface area (Å²) >= 11 is 1.63. The van der Waals surface area contributed by atoms with Crippen molar-refractivity contribution < 1.29 is 13.2 Å². The van der Waals surface area contributed by atoms with Crippen LogP contribution in [0.3, 0.4) is 0 Å². The van der Waals surface area contributed by atoms with Crippen LogP contribution in [0.1, 0.15) is 10.7 Å². The van der Waals surface area contributed by atoms with E-state index in [2.05, 4.69) is 20.6 Å². The standard InChI is InChI=1S/C12H10F3N5S/c13-12(14,15)11-18-17-10-4-3-9(19-20(10)11)16-6-5-8-2-1-7-21-8/h1-4,7H,5-6H2,(H,16,19). The fourth-order valence-corrected chi connectivity index (χ4v) is 2.54. The van der Waals surface area contributed by atoms with Crippen molar-refractivity contribution in [2.45, 2.75) is 12.6 Å². The molecule has 3 aromatic rings. The number of alkyl halides is 3. The molecule has 0 aliphatic rings. The maximum Gasteiger partial charge on any atom is 0.453 e. The van der Waals surface area contributed by atoms with Crippen LogP contribution in [0, 0.1) is 0 Å². The predicted octanol–water partition coefficient (Wildman–Crippen LogP) is 2.86. The molecule has 0 unspecified atom stereocenters. The molecule has 0 aromatic carbocycles. The van der Waals surface area contributed by atoms with Gasteiger partial charge < -0.3 is 5.32 Å². The van der Waals surface area contributed by atoms with Gasteiger partial charge in [0.15, 0.2) is 5.65 Å². The average molecular weight is 313 g/mol. The second-order valence-corrected chi connectivity index (χ2v) is 5.30. The summed E-state index contributed by atoms with van der Waals surface area (Å²) in [6, 6.07) is 6.99. The van der Waals surface area contributed by atoms with Crippen LogP contribution in [0.25, 0.3) is 5.65 Å². The van der Waals surface area contributed by atoms with Crippen molar-refractivity contribution in [3.8, 4) is 0 Å². The molecule has 3 heterocycles. The van der Waals surface area contributed by atoms with Gasteiger partial charge in [0.25, 0.3) is 5.82 Å². The second kappa shape index (κ2) is 5.32. The molecule has 9 heteroatoms. The number of halogens is 3. The summed E-state index contributed by atoms with van der Waals surface area (Å²) in [6.45, 7) is 0.586. The largest absolute Gasteiger partial charge is 0.453 e. The molecule has 0 aliphatic carbocycles. The topological polar surface area (TPSA) is 55.1 Å². The van der Waals surface area contributed by atoms with Crippen molar-refractivity contribution in [1.82, 2.24) is 19.8 Å². The van der Waals surface area contributed by atoms with Gasteiger partial charge >= 0.3 is 6.18 Å². The molecule has 3 aromatic heterocycles. The van der Waals surface area contributed by atoms with Gasteiger partial charge in [-0.25, -0.2) is 0 Å². The van der Waals surface area contributed by atoms with Crippen molar-refractivity contribution in [3.05, 3.63) is 40.3 Å². The molecule has 110 valence electrons. The lowest BCUT2D eigenvalue weighted by Crippen LogP contribution is -2.14. The van der Waals surface area contributed by atoms with Crippen LogP contribution in [-0.4, -0.2) is 26.4 Å². The van der Waals surface area contributed by atoms with Crippen molar-refractivity contribution in [2.24, 2.45) is 0 Å². The summed E-state index contributed by atoms with van der Waals surface area (Å²) in [4.78, 5) is 1.20. The van der Waals surface area contributed by atoms with E-state index in [0.717, 1.165) is 6.42 Å². The number of anilines is 1. The highest BCUT2D eigenvalue weighted by Crippen LogP contribution is 2.27. The smallest absolute Gasteiger partial charge is 0.368 e. The average Bonchev–Trinajstić information content (AvgIpc) is 3.05. The van der Waals surface area contributed by atoms with E-state index >= 15 is 0 Å². The van der Waals surface area contributed by atoms with Crippen molar-refractivity contribution >= 4 is 22.8 Å². The van der Waals surface area contributed by atoms with Crippen LogP contribution in [0.5, 0.6) is 0 Å². The van der Waals surface area contributed by atoms with E-state index in [4.69, 9.17) is 0 Å². The first-order valence-electron chi connectivity index (χ1n) is 6.10. The number of nitrogens with one attached hydrogen (secondary N) is 1. The molecular formula is C12H10F3N5S. The van der Waals surface area contributed by atoms with Gasteiger partial charge in [0, 0.05) is 11.4 Å². The van der Waals surface area contributed by atoms with Gasteiger partial charge in [-0.2, -0.15) is 17.7 Å². The minimum absolute atomic E-state index is 0.0612. The Bertz CT molecular complexity index is 735. The van der Waals surface area contributed by atoms with E-state index in [1.165, 1.54) is 10.9 Å². The van der Waals surface area contributed by atoms with Crippen LogP contribution >= 0.6 is 11.3 Å². The molecule has 0 bridgehead atoms. The highest BCUT2D eigenvalue weighted by molar-refractivity contribution is 7.09. The molecule has 1 N–H and O–H groups in total. The number of hydrogen-bond acceptors (Lipinski definition) is 5. The third kappa shape index (κ3) is 2.97. The van der Waals surface area contributed by atoms with Crippen LogP contribution < -0.4 is 5.32 Å². The quantitative estimate of drug-likeness (QED) is 0.805. The molecule has 0 spiro atoms. The van der Waals surface area contributed by atoms with Gasteiger partial charge in [0.05, 0.1) is 0 Å². The Morgan fingerprint density at radius 3 is 2.76 bits per heavy atom. The minimum Gasteiger partial charge on any atom is -0.368 e. The van der Waals surface area contributed by atoms with E-state index in [1.807, 2.05) is 17.5 Å². The Hall–Kier alpha value is -2.16. The lowest BCUT2D eigenvalue weighted by molar-refractivity contribution is -0.146. The molecule has 21 heavy (non-hydrogen) atoms. The highest BCUT2D eigenvalue weighted by atomic mass is 32.1. The van der Waals surface area contributed by atoms with Crippen LogP contribution in [-0.2, 0) is 12.6 Å². The summed E-state index contributed by atoms with van der Waals surface area (Å²) in [7, 11) is 0. The molecule has 0 saturated carbocycles. The van der Waals surface area contributed by atoms with E-state index in [9.17, 15) is 13.2 Å². The van der Waals surface area contributed by atoms with Gasteiger partial charge in [-0.1, -0.05) is 6.07 Å². The number of hydrogen-bond donors (Lipinski definition) is 1. The van der Waals surface area contributed by atoms with Gasteiger partial charge in [0.2, 0.25) is 0 Å². The third-order valence-electron chi connectivity index (χ3n) is 2.77.